The van der Waals surface area contributed by atoms with Gasteiger partial charge in [0.25, 0.3) is 0 Å². The zero-order valence-electron chi connectivity index (χ0n) is 10.1. The molecule has 2 aromatic rings. The second-order valence-corrected chi connectivity index (χ2v) is 4.32. The van der Waals surface area contributed by atoms with Gasteiger partial charge in [-0.3, -0.25) is 0 Å². The van der Waals surface area contributed by atoms with E-state index in [2.05, 4.69) is 0 Å². The maximum atomic E-state index is 10.9. The van der Waals surface area contributed by atoms with Crippen molar-refractivity contribution in [1.82, 2.24) is 0 Å². The molecule has 0 bridgehead atoms. The highest BCUT2D eigenvalue weighted by atomic mass is 16.4. The van der Waals surface area contributed by atoms with Crippen LogP contribution in [0.5, 0.6) is 0 Å². The quantitative estimate of drug-likeness (QED) is 0.868. The summed E-state index contributed by atoms with van der Waals surface area (Å²) in [5.41, 5.74) is 9.35. The van der Waals surface area contributed by atoms with Crippen LogP contribution in [0.3, 0.4) is 0 Å². The first kappa shape index (κ1) is 12.3. The fourth-order valence-corrected chi connectivity index (χ4v) is 1.92. The second-order valence-electron chi connectivity index (χ2n) is 4.32. The molecule has 3 heteroatoms. The smallest absolute Gasteiger partial charge is 0.335 e. The fourth-order valence-electron chi connectivity index (χ4n) is 1.92. The van der Waals surface area contributed by atoms with Crippen LogP contribution in [0, 0.1) is 6.92 Å². The van der Waals surface area contributed by atoms with E-state index in [1.54, 1.807) is 18.2 Å². The number of carboxylic acid groups (broad SMARTS) is 1. The van der Waals surface area contributed by atoms with E-state index in [0.717, 1.165) is 16.7 Å². The summed E-state index contributed by atoms with van der Waals surface area (Å²) >= 11 is 0. The lowest BCUT2D eigenvalue weighted by Gasteiger charge is -2.13. The van der Waals surface area contributed by atoms with Gasteiger partial charge in [0.1, 0.15) is 0 Å². The summed E-state index contributed by atoms with van der Waals surface area (Å²) < 4.78 is 0. The van der Waals surface area contributed by atoms with Gasteiger partial charge in [-0.2, -0.15) is 0 Å². The molecular weight excluding hydrogens is 226 g/mol. The molecule has 3 nitrogen and oxygen atoms in total. The van der Waals surface area contributed by atoms with Gasteiger partial charge < -0.3 is 10.8 Å². The molecule has 0 radical (unpaired) electrons. The second kappa shape index (κ2) is 5.02. The Bertz CT molecular complexity index is 578. The van der Waals surface area contributed by atoms with Crippen molar-refractivity contribution in [2.24, 2.45) is 5.73 Å². The van der Waals surface area contributed by atoms with Gasteiger partial charge in [0.2, 0.25) is 0 Å². The molecule has 2 rings (SSSR count). The van der Waals surface area contributed by atoms with Crippen molar-refractivity contribution in [3.8, 4) is 0 Å². The number of carbonyl (C=O) groups is 1. The van der Waals surface area contributed by atoms with E-state index in [0.29, 0.717) is 0 Å². The first-order valence-corrected chi connectivity index (χ1v) is 5.73. The van der Waals surface area contributed by atoms with Crippen molar-refractivity contribution in [3.05, 3.63) is 70.8 Å². The number of rotatable bonds is 3. The highest BCUT2D eigenvalue weighted by Gasteiger charge is 2.11. The molecule has 2 aromatic carbocycles. The number of benzene rings is 2. The lowest BCUT2D eigenvalue weighted by molar-refractivity contribution is 0.0697. The van der Waals surface area contributed by atoms with Crippen LogP contribution >= 0.6 is 0 Å². The van der Waals surface area contributed by atoms with Gasteiger partial charge in [0.05, 0.1) is 11.6 Å². The summed E-state index contributed by atoms with van der Waals surface area (Å²) in [6.45, 7) is 2.00. The molecule has 0 spiro atoms. The maximum absolute atomic E-state index is 10.9. The number of carboxylic acids is 1. The van der Waals surface area contributed by atoms with Gasteiger partial charge in [-0.15, -0.1) is 0 Å². The molecule has 0 aliphatic carbocycles. The highest BCUT2D eigenvalue weighted by Crippen LogP contribution is 2.21. The van der Waals surface area contributed by atoms with Crippen molar-refractivity contribution in [2.45, 2.75) is 13.0 Å². The summed E-state index contributed by atoms with van der Waals surface area (Å²) in [5, 5.41) is 8.96. The standard InChI is InChI=1S/C15H15NO2/c1-10-4-2-5-11(8-10)14(16)12-6-3-7-13(9-12)15(17)18/h2-9,14H,16H2,1H3,(H,17,18). The van der Waals surface area contributed by atoms with Gasteiger partial charge in [-0.25, -0.2) is 4.79 Å². The van der Waals surface area contributed by atoms with Crippen LogP contribution in [0.15, 0.2) is 48.5 Å². The monoisotopic (exact) mass is 241 g/mol. The fraction of sp³-hybridized carbons (Fsp3) is 0.133. The van der Waals surface area contributed by atoms with Gasteiger partial charge in [-0.05, 0) is 30.2 Å². The number of aryl methyl sites for hydroxylation is 1. The van der Waals surface area contributed by atoms with E-state index in [1.807, 2.05) is 37.3 Å². The Morgan fingerprint density at radius 1 is 1.11 bits per heavy atom. The molecular formula is C15H15NO2. The van der Waals surface area contributed by atoms with Gasteiger partial charge in [0.15, 0.2) is 0 Å². The zero-order valence-corrected chi connectivity index (χ0v) is 10.1. The van der Waals surface area contributed by atoms with E-state index in [1.165, 1.54) is 0 Å². The predicted octanol–water partition coefficient (Wildman–Crippen LogP) is 2.74. The Morgan fingerprint density at radius 3 is 2.33 bits per heavy atom. The molecule has 3 N–H and O–H groups in total. The first-order chi connectivity index (χ1) is 8.58. The molecule has 18 heavy (non-hydrogen) atoms. The van der Waals surface area contributed by atoms with Crippen LogP contribution in [-0.4, -0.2) is 11.1 Å². The van der Waals surface area contributed by atoms with E-state index in [9.17, 15) is 4.79 Å². The number of nitrogens with two attached hydrogens (primary N) is 1. The Kier molecular flexibility index (Phi) is 3.44. The summed E-state index contributed by atoms with van der Waals surface area (Å²) in [6, 6.07) is 14.4. The van der Waals surface area contributed by atoms with E-state index in [4.69, 9.17) is 10.8 Å². The molecule has 0 aromatic heterocycles. The lowest BCUT2D eigenvalue weighted by atomic mass is 9.97. The average molecular weight is 241 g/mol. The van der Waals surface area contributed by atoms with Crippen LogP contribution in [0.2, 0.25) is 0 Å². The third-order valence-corrected chi connectivity index (χ3v) is 2.89. The molecule has 0 saturated carbocycles. The van der Waals surface area contributed by atoms with Crippen molar-refractivity contribution < 1.29 is 9.90 Å². The van der Waals surface area contributed by atoms with Gasteiger partial charge in [-0.1, -0.05) is 42.0 Å². The number of hydrogen-bond acceptors (Lipinski definition) is 2. The minimum absolute atomic E-state index is 0.260. The van der Waals surface area contributed by atoms with Crippen molar-refractivity contribution >= 4 is 5.97 Å². The predicted molar refractivity (Wildman–Crippen MR) is 70.6 cm³/mol. The summed E-state index contributed by atoms with van der Waals surface area (Å²) in [5.74, 6) is -0.937. The molecule has 0 aliphatic heterocycles. The average Bonchev–Trinajstić information content (AvgIpc) is 2.38. The summed E-state index contributed by atoms with van der Waals surface area (Å²) in [7, 11) is 0. The molecule has 0 aliphatic rings. The third kappa shape index (κ3) is 2.57. The molecule has 1 unspecified atom stereocenters. The summed E-state index contributed by atoms with van der Waals surface area (Å²) in [4.78, 5) is 10.9. The lowest BCUT2D eigenvalue weighted by Crippen LogP contribution is -2.12. The van der Waals surface area contributed by atoms with E-state index < -0.39 is 5.97 Å². The maximum Gasteiger partial charge on any atom is 0.335 e. The largest absolute Gasteiger partial charge is 0.478 e. The molecule has 92 valence electrons. The Balaban J connectivity index is 2.36. The number of aromatic carboxylic acids is 1. The Hall–Kier alpha value is -2.13. The van der Waals surface area contributed by atoms with Crippen molar-refractivity contribution in [3.63, 3.8) is 0 Å². The van der Waals surface area contributed by atoms with Gasteiger partial charge >= 0.3 is 5.97 Å². The van der Waals surface area contributed by atoms with Crippen LogP contribution in [0.4, 0.5) is 0 Å². The normalized spacial score (nSPS) is 12.1. The van der Waals surface area contributed by atoms with Crippen LogP contribution in [0.25, 0.3) is 0 Å². The van der Waals surface area contributed by atoms with Crippen LogP contribution in [-0.2, 0) is 0 Å². The zero-order chi connectivity index (χ0) is 13.1. The highest BCUT2D eigenvalue weighted by molar-refractivity contribution is 5.87. The SMILES string of the molecule is Cc1cccc(C(N)c2cccc(C(=O)O)c2)c1. The van der Waals surface area contributed by atoms with Crippen LogP contribution < -0.4 is 5.73 Å². The number of hydrogen-bond donors (Lipinski definition) is 2. The molecule has 0 fully saturated rings. The van der Waals surface area contributed by atoms with Gasteiger partial charge in [0, 0.05) is 0 Å². The first-order valence-electron chi connectivity index (χ1n) is 5.73. The molecule has 0 heterocycles. The molecule has 0 saturated heterocycles. The van der Waals surface area contributed by atoms with Crippen molar-refractivity contribution in [2.75, 3.05) is 0 Å². The minimum Gasteiger partial charge on any atom is -0.478 e. The summed E-state index contributed by atoms with van der Waals surface area (Å²) in [6.07, 6.45) is 0. The topological polar surface area (TPSA) is 63.3 Å². The van der Waals surface area contributed by atoms with Crippen molar-refractivity contribution in [1.29, 1.82) is 0 Å². The van der Waals surface area contributed by atoms with E-state index >= 15 is 0 Å². The molecule has 0 amide bonds. The Morgan fingerprint density at radius 2 is 1.72 bits per heavy atom. The molecule has 1 atom stereocenters. The van der Waals surface area contributed by atoms with Crippen LogP contribution in [0.1, 0.15) is 33.1 Å². The minimum atomic E-state index is -0.937. The third-order valence-electron chi connectivity index (χ3n) is 2.89. The van der Waals surface area contributed by atoms with E-state index in [-0.39, 0.29) is 11.6 Å². The Labute approximate surface area is 106 Å².